The van der Waals surface area contributed by atoms with Crippen LogP contribution in [0.2, 0.25) is 0 Å². The van der Waals surface area contributed by atoms with Crippen molar-refractivity contribution in [3.05, 3.63) is 35.4 Å². The van der Waals surface area contributed by atoms with Gasteiger partial charge in [-0.25, -0.2) is 4.99 Å². The molecule has 5 nitrogen and oxygen atoms in total. The number of nitrogens with zero attached hydrogens (tertiary/aromatic N) is 2. The second-order valence-corrected chi connectivity index (χ2v) is 6.90. The molecule has 1 fully saturated rings. The molecule has 1 aliphatic carbocycles. The Morgan fingerprint density at radius 3 is 2.52 bits per heavy atom. The molecule has 25 heavy (non-hydrogen) atoms. The number of halogens is 1. The molecule has 2 rings (SSSR count). The molecule has 0 saturated heterocycles. The molecule has 0 aliphatic heterocycles. The zero-order chi connectivity index (χ0) is 17.4. The number of benzene rings is 1. The number of guanidine groups is 1. The zero-order valence-electron chi connectivity index (χ0n) is 15.7. The smallest absolute Gasteiger partial charge is 0.191 e. The van der Waals surface area contributed by atoms with Gasteiger partial charge in [0, 0.05) is 19.1 Å². The number of hydrogen-bond acceptors (Lipinski definition) is 3. The Kier molecular flexibility index (Phi) is 10.4. The van der Waals surface area contributed by atoms with Crippen LogP contribution >= 0.6 is 24.0 Å². The van der Waals surface area contributed by atoms with Crippen LogP contribution in [0.3, 0.4) is 0 Å². The Balaban J connectivity index is 0.00000312. The van der Waals surface area contributed by atoms with Crippen LogP contribution in [0.25, 0.3) is 0 Å². The fourth-order valence-corrected chi connectivity index (χ4v) is 3.10. The van der Waals surface area contributed by atoms with Gasteiger partial charge in [0.1, 0.15) is 0 Å². The van der Waals surface area contributed by atoms with Gasteiger partial charge in [0.2, 0.25) is 0 Å². The lowest BCUT2D eigenvalue weighted by Crippen LogP contribution is -2.45. The van der Waals surface area contributed by atoms with Gasteiger partial charge in [-0.15, -0.1) is 24.0 Å². The van der Waals surface area contributed by atoms with Gasteiger partial charge in [0.25, 0.3) is 0 Å². The molecule has 0 atom stereocenters. The Morgan fingerprint density at radius 1 is 1.20 bits per heavy atom. The van der Waals surface area contributed by atoms with Gasteiger partial charge in [0.15, 0.2) is 5.96 Å². The normalized spacial score (nSPS) is 20.9. The van der Waals surface area contributed by atoms with Crippen molar-refractivity contribution in [1.82, 2.24) is 15.5 Å². The summed E-state index contributed by atoms with van der Waals surface area (Å²) >= 11 is 0. The highest BCUT2D eigenvalue weighted by atomic mass is 127. The molecule has 0 aromatic heterocycles. The first-order valence-corrected chi connectivity index (χ1v) is 9.02. The molecule has 0 spiro atoms. The first kappa shape index (κ1) is 22.2. The van der Waals surface area contributed by atoms with Gasteiger partial charge in [0.05, 0.1) is 12.6 Å². The van der Waals surface area contributed by atoms with E-state index in [0.29, 0.717) is 12.6 Å². The van der Waals surface area contributed by atoms with E-state index >= 15 is 0 Å². The van der Waals surface area contributed by atoms with Crippen LogP contribution in [0.15, 0.2) is 29.3 Å². The maximum Gasteiger partial charge on any atom is 0.191 e. The van der Waals surface area contributed by atoms with Crippen molar-refractivity contribution in [1.29, 1.82) is 0 Å². The van der Waals surface area contributed by atoms with Gasteiger partial charge in [-0.2, -0.15) is 0 Å². The SMILES string of the molecule is CCNC(=NCc1cccc(CN(C)C)c1)NC1CCC(O)CC1.I. The van der Waals surface area contributed by atoms with E-state index in [4.69, 9.17) is 4.99 Å². The third kappa shape index (κ3) is 8.37. The average molecular weight is 460 g/mol. The Bertz CT molecular complexity index is 528. The van der Waals surface area contributed by atoms with Crippen LogP contribution in [0.1, 0.15) is 43.7 Å². The van der Waals surface area contributed by atoms with Gasteiger partial charge in [-0.3, -0.25) is 0 Å². The maximum absolute atomic E-state index is 9.63. The van der Waals surface area contributed by atoms with E-state index in [1.165, 1.54) is 11.1 Å². The Hall–Kier alpha value is -0.860. The van der Waals surface area contributed by atoms with E-state index in [-0.39, 0.29) is 30.1 Å². The molecule has 6 heteroatoms. The van der Waals surface area contributed by atoms with Gasteiger partial charge < -0.3 is 20.6 Å². The molecule has 0 radical (unpaired) electrons. The number of aliphatic hydroxyl groups excluding tert-OH is 1. The lowest BCUT2D eigenvalue weighted by molar-refractivity contribution is 0.120. The fourth-order valence-electron chi connectivity index (χ4n) is 3.10. The zero-order valence-corrected chi connectivity index (χ0v) is 18.0. The molecule has 3 N–H and O–H groups in total. The third-order valence-electron chi connectivity index (χ3n) is 4.29. The van der Waals surface area contributed by atoms with Crippen molar-refractivity contribution >= 4 is 29.9 Å². The predicted molar refractivity (Wildman–Crippen MR) is 115 cm³/mol. The summed E-state index contributed by atoms with van der Waals surface area (Å²) in [5.74, 6) is 0.872. The minimum Gasteiger partial charge on any atom is -0.393 e. The van der Waals surface area contributed by atoms with Gasteiger partial charge in [-0.1, -0.05) is 24.3 Å². The van der Waals surface area contributed by atoms with Crippen molar-refractivity contribution < 1.29 is 5.11 Å². The summed E-state index contributed by atoms with van der Waals surface area (Å²) in [5.41, 5.74) is 2.54. The van der Waals surface area contributed by atoms with E-state index in [2.05, 4.69) is 60.8 Å². The lowest BCUT2D eigenvalue weighted by Gasteiger charge is -2.27. The summed E-state index contributed by atoms with van der Waals surface area (Å²) in [6.45, 7) is 4.55. The summed E-state index contributed by atoms with van der Waals surface area (Å²) in [7, 11) is 4.16. The standard InChI is InChI=1S/C19H32N4O.HI/c1-4-20-19(22-17-8-10-18(24)11-9-17)21-13-15-6-5-7-16(12-15)14-23(2)3;/h5-7,12,17-18,24H,4,8-11,13-14H2,1-3H3,(H2,20,21,22);1H. The van der Waals surface area contributed by atoms with Crippen LogP contribution in [-0.2, 0) is 13.1 Å². The third-order valence-corrected chi connectivity index (χ3v) is 4.29. The van der Waals surface area contributed by atoms with Crippen LogP contribution in [0, 0.1) is 0 Å². The van der Waals surface area contributed by atoms with Crippen LogP contribution in [0.5, 0.6) is 0 Å². The van der Waals surface area contributed by atoms with Crippen molar-refractivity contribution in [2.45, 2.75) is 57.8 Å². The van der Waals surface area contributed by atoms with Crippen LogP contribution in [-0.4, -0.2) is 48.8 Å². The monoisotopic (exact) mass is 460 g/mol. The van der Waals surface area contributed by atoms with E-state index in [1.54, 1.807) is 0 Å². The molecule has 1 aromatic carbocycles. The van der Waals surface area contributed by atoms with E-state index in [1.807, 2.05) is 0 Å². The second kappa shape index (κ2) is 11.7. The molecule has 0 unspecified atom stereocenters. The maximum atomic E-state index is 9.63. The molecule has 1 saturated carbocycles. The molecular formula is C19H33IN4O. The summed E-state index contributed by atoms with van der Waals surface area (Å²) in [6.07, 6.45) is 3.64. The van der Waals surface area contributed by atoms with Crippen molar-refractivity contribution in [2.75, 3.05) is 20.6 Å². The quantitative estimate of drug-likeness (QED) is 0.347. The van der Waals surface area contributed by atoms with E-state index in [9.17, 15) is 5.11 Å². The largest absolute Gasteiger partial charge is 0.393 e. The Labute approximate surface area is 169 Å². The number of hydrogen-bond donors (Lipinski definition) is 3. The van der Waals surface area contributed by atoms with Crippen LogP contribution < -0.4 is 10.6 Å². The molecule has 0 bridgehead atoms. The van der Waals surface area contributed by atoms with Crippen molar-refractivity contribution in [3.63, 3.8) is 0 Å². The molecule has 0 heterocycles. The Morgan fingerprint density at radius 2 is 1.88 bits per heavy atom. The minimum absolute atomic E-state index is 0. The number of rotatable bonds is 6. The van der Waals surface area contributed by atoms with Gasteiger partial charge in [-0.05, 0) is 57.8 Å². The first-order chi connectivity index (χ1) is 11.6. The summed E-state index contributed by atoms with van der Waals surface area (Å²) in [4.78, 5) is 6.91. The molecule has 1 aliphatic rings. The molecular weight excluding hydrogens is 427 g/mol. The summed E-state index contributed by atoms with van der Waals surface area (Å²) in [5, 5.41) is 16.5. The van der Waals surface area contributed by atoms with Crippen molar-refractivity contribution in [2.24, 2.45) is 4.99 Å². The highest BCUT2D eigenvalue weighted by Crippen LogP contribution is 2.18. The second-order valence-electron chi connectivity index (χ2n) is 6.90. The highest BCUT2D eigenvalue weighted by molar-refractivity contribution is 14.0. The molecule has 0 amide bonds. The molecule has 1 aromatic rings. The first-order valence-electron chi connectivity index (χ1n) is 9.02. The summed E-state index contributed by atoms with van der Waals surface area (Å²) < 4.78 is 0. The van der Waals surface area contributed by atoms with Crippen molar-refractivity contribution in [3.8, 4) is 0 Å². The topological polar surface area (TPSA) is 59.9 Å². The fraction of sp³-hybridized carbons (Fsp3) is 0.632. The van der Waals surface area contributed by atoms with E-state index < -0.39 is 0 Å². The minimum atomic E-state index is -0.123. The van der Waals surface area contributed by atoms with E-state index in [0.717, 1.165) is 44.7 Å². The number of aliphatic hydroxyl groups is 1. The molecule has 142 valence electrons. The lowest BCUT2D eigenvalue weighted by atomic mass is 9.93. The highest BCUT2D eigenvalue weighted by Gasteiger charge is 2.19. The van der Waals surface area contributed by atoms with Gasteiger partial charge >= 0.3 is 0 Å². The number of aliphatic imine (C=N–C) groups is 1. The van der Waals surface area contributed by atoms with Crippen LogP contribution in [0.4, 0.5) is 0 Å². The summed E-state index contributed by atoms with van der Waals surface area (Å²) in [6, 6.07) is 9.02. The number of nitrogens with one attached hydrogen (secondary N) is 2. The predicted octanol–water partition coefficient (Wildman–Crippen LogP) is 2.72. The average Bonchev–Trinajstić information content (AvgIpc) is 2.55.